The quantitative estimate of drug-likeness (QED) is 0.356. The van der Waals surface area contributed by atoms with Crippen LogP contribution in [0.5, 0.6) is 0 Å². The maximum Gasteiger partial charge on any atom is 0.321 e. The van der Waals surface area contributed by atoms with Crippen molar-refractivity contribution in [2.45, 2.75) is 18.4 Å². The van der Waals surface area contributed by atoms with Gasteiger partial charge in [0.1, 0.15) is 3.70 Å². The Hall–Kier alpha value is -3.16. The minimum Gasteiger partial charge on any atom is -0.382 e. The number of para-hydroxylation sites is 1. The van der Waals surface area contributed by atoms with Gasteiger partial charge in [0.2, 0.25) is 0 Å². The molecule has 0 radical (unpaired) electrons. The van der Waals surface area contributed by atoms with Gasteiger partial charge in [0.05, 0.1) is 5.54 Å². The summed E-state index contributed by atoms with van der Waals surface area (Å²) in [5, 5.41) is 9.34. The van der Waals surface area contributed by atoms with Gasteiger partial charge in [0, 0.05) is 25.3 Å². The Balaban J connectivity index is 1.36. The van der Waals surface area contributed by atoms with Gasteiger partial charge in [0.25, 0.3) is 0 Å². The number of carbonyl (C=O) groups excluding carboxylic acids is 2. The van der Waals surface area contributed by atoms with E-state index in [0.29, 0.717) is 29.3 Å². The number of hydrogen-bond acceptors (Lipinski definition) is 6. The number of nitrogens with zero attached hydrogens (tertiary/aromatic N) is 4. The van der Waals surface area contributed by atoms with Crippen LogP contribution < -0.4 is 27.4 Å². The second-order valence-corrected chi connectivity index (χ2v) is 8.46. The molecule has 0 atom stereocenters. The Morgan fingerprint density at radius 1 is 1.13 bits per heavy atom. The molecule has 2 saturated heterocycles. The lowest BCUT2D eigenvalue weighted by atomic mass is 9.89. The molecule has 1 spiro atoms. The van der Waals surface area contributed by atoms with E-state index in [2.05, 4.69) is 30.9 Å². The zero-order valence-corrected chi connectivity index (χ0v) is 18.7. The first-order valence-corrected chi connectivity index (χ1v) is 10.8. The first-order chi connectivity index (χ1) is 14.8. The average molecular weight is 535 g/mol. The first-order valence-electron chi connectivity index (χ1n) is 9.70. The molecule has 162 valence electrons. The van der Waals surface area contributed by atoms with E-state index in [4.69, 9.17) is 11.5 Å². The molecule has 12 heteroatoms. The SMILES string of the molecule is Nc1nc(N)c(C(=O)/N=C2\NCC3(CCN(C(=O)Nc4ccccc4)CC3)N2)nc1I. The number of carbonyl (C=O) groups is 2. The number of rotatable bonds is 2. The zero-order valence-electron chi connectivity index (χ0n) is 16.6. The summed E-state index contributed by atoms with van der Waals surface area (Å²) >= 11 is 1.89. The number of likely N-dealkylation sites (tertiary alicyclic amines) is 1. The lowest BCUT2D eigenvalue weighted by molar-refractivity contribution is 0.0998. The van der Waals surface area contributed by atoms with Crippen LogP contribution in [-0.4, -0.2) is 57.9 Å². The van der Waals surface area contributed by atoms with Gasteiger partial charge in [-0.25, -0.2) is 14.8 Å². The molecule has 2 aliphatic heterocycles. The Labute approximate surface area is 192 Å². The summed E-state index contributed by atoms with van der Waals surface area (Å²) in [6.45, 7) is 1.78. The van der Waals surface area contributed by atoms with Gasteiger partial charge in [-0.15, -0.1) is 0 Å². The van der Waals surface area contributed by atoms with E-state index in [0.717, 1.165) is 18.5 Å². The molecule has 0 bridgehead atoms. The number of hydrogen-bond donors (Lipinski definition) is 5. The van der Waals surface area contributed by atoms with Gasteiger partial charge in [-0.1, -0.05) is 18.2 Å². The van der Waals surface area contributed by atoms with Crippen molar-refractivity contribution in [3.8, 4) is 0 Å². The summed E-state index contributed by atoms with van der Waals surface area (Å²) in [5.41, 5.74) is 11.9. The first kappa shape index (κ1) is 21.1. The maximum atomic E-state index is 12.5. The third kappa shape index (κ3) is 4.62. The van der Waals surface area contributed by atoms with Crippen molar-refractivity contribution < 1.29 is 9.59 Å². The van der Waals surface area contributed by atoms with Gasteiger partial charge < -0.3 is 32.3 Å². The number of aliphatic imine (C=N–C) groups is 1. The molecule has 2 aliphatic rings. The Morgan fingerprint density at radius 3 is 2.55 bits per heavy atom. The predicted octanol–water partition coefficient (Wildman–Crippen LogP) is 1.00. The monoisotopic (exact) mass is 535 g/mol. The molecule has 4 rings (SSSR count). The van der Waals surface area contributed by atoms with E-state index in [1.165, 1.54) is 0 Å². The normalized spacial score (nSPS) is 18.5. The van der Waals surface area contributed by atoms with Crippen molar-refractivity contribution >= 4 is 57.8 Å². The van der Waals surface area contributed by atoms with E-state index in [1.54, 1.807) is 4.90 Å². The number of guanidine groups is 1. The molecule has 7 N–H and O–H groups in total. The van der Waals surface area contributed by atoms with Crippen LogP contribution in [0.25, 0.3) is 0 Å². The lowest BCUT2D eigenvalue weighted by Crippen LogP contribution is -2.54. The zero-order chi connectivity index (χ0) is 22.0. The lowest BCUT2D eigenvalue weighted by Gasteiger charge is -2.38. The van der Waals surface area contributed by atoms with E-state index < -0.39 is 5.91 Å². The number of aromatic nitrogens is 2. The molecule has 1 aromatic heterocycles. The molecule has 0 saturated carbocycles. The number of halogens is 1. The number of nitrogen functional groups attached to an aromatic ring is 2. The van der Waals surface area contributed by atoms with Crippen LogP contribution in [0.3, 0.4) is 0 Å². The number of piperidine rings is 1. The smallest absolute Gasteiger partial charge is 0.321 e. The van der Waals surface area contributed by atoms with Crippen molar-refractivity contribution in [1.29, 1.82) is 0 Å². The molecule has 3 amide bonds. The summed E-state index contributed by atoms with van der Waals surface area (Å²) in [6, 6.07) is 9.24. The van der Waals surface area contributed by atoms with Crippen LogP contribution in [0, 0.1) is 3.70 Å². The topological polar surface area (TPSA) is 164 Å². The summed E-state index contributed by atoms with van der Waals surface area (Å²) in [5.74, 6) is -0.131. The highest BCUT2D eigenvalue weighted by atomic mass is 127. The Morgan fingerprint density at radius 2 is 1.84 bits per heavy atom. The van der Waals surface area contributed by atoms with Gasteiger partial charge >= 0.3 is 11.9 Å². The standard InChI is InChI=1S/C19H22IN9O2/c20-13-15(22)26-14(21)12(25-13)16(30)27-17-23-10-19(28-17)6-8-29(9-7-19)18(31)24-11-4-2-1-3-5-11/h1-5H,6-10H2,(H,24,31)(H4,21,22,26)(H2,23,27,28,30). The van der Waals surface area contributed by atoms with Crippen molar-refractivity contribution in [2.24, 2.45) is 4.99 Å². The number of urea groups is 1. The molecule has 0 unspecified atom stereocenters. The van der Waals surface area contributed by atoms with Crippen LogP contribution in [-0.2, 0) is 0 Å². The molecule has 31 heavy (non-hydrogen) atoms. The fourth-order valence-electron chi connectivity index (χ4n) is 3.58. The van der Waals surface area contributed by atoms with E-state index in [-0.39, 0.29) is 28.9 Å². The highest BCUT2D eigenvalue weighted by Crippen LogP contribution is 2.25. The van der Waals surface area contributed by atoms with Crippen molar-refractivity contribution in [3.05, 3.63) is 39.7 Å². The molecule has 2 fully saturated rings. The molecule has 2 aromatic rings. The highest BCUT2D eigenvalue weighted by Gasteiger charge is 2.40. The van der Waals surface area contributed by atoms with E-state index in [9.17, 15) is 9.59 Å². The Kier molecular flexibility index (Phi) is 5.80. The average Bonchev–Trinajstić information content (AvgIpc) is 3.13. The van der Waals surface area contributed by atoms with Crippen LogP contribution in [0.2, 0.25) is 0 Å². The molecule has 3 heterocycles. The minimum atomic E-state index is -0.602. The minimum absolute atomic E-state index is 0.0388. The third-order valence-electron chi connectivity index (χ3n) is 5.33. The number of amides is 3. The number of nitrogens with two attached hydrogens (primary N) is 2. The van der Waals surface area contributed by atoms with Crippen LogP contribution in [0.4, 0.5) is 22.1 Å². The number of nitrogens with one attached hydrogen (secondary N) is 3. The maximum absolute atomic E-state index is 12.5. The Bertz CT molecular complexity index is 1040. The summed E-state index contributed by atoms with van der Waals surface area (Å²) in [7, 11) is 0. The van der Waals surface area contributed by atoms with Gasteiger partial charge in [-0.3, -0.25) is 4.79 Å². The van der Waals surface area contributed by atoms with Crippen molar-refractivity contribution in [3.63, 3.8) is 0 Å². The van der Waals surface area contributed by atoms with Crippen molar-refractivity contribution in [2.75, 3.05) is 36.4 Å². The fraction of sp³-hybridized carbons (Fsp3) is 0.316. The molecule has 1 aromatic carbocycles. The molecular weight excluding hydrogens is 513 g/mol. The molecular formula is C19H22IN9O2. The second kappa shape index (κ2) is 8.53. The van der Waals surface area contributed by atoms with Crippen LogP contribution in [0.15, 0.2) is 35.3 Å². The molecule has 11 nitrogen and oxygen atoms in total. The van der Waals surface area contributed by atoms with Crippen LogP contribution in [0.1, 0.15) is 23.3 Å². The summed E-state index contributed by atoms with van der Waals surface area (Å²) in [6.07, 6.45) is 1.44. The van der Waals surface area contributed by atoms with Gasteiger partial charge in [-0.05, 0) is 47.6 Å². The number of benzene rings is 1. The largest absolute Gasteiger partial charge is 0.382 e. The number of anilines is 3. The predicted molar refractivity (Wildman–Crippen MR) is 125 cm³/mol. The highest BCUT2D eigenvalue weighted by molar-refractivity contribution is 14.1. The fourth-order valence-corrected chi connectivity index (χ4v) is 3.94. The summed E-state index contributed by atoms with van der Waals surface area (Å²) < 4.78 is 0.389. The molecule has 0 aliphatic carbocycles. The van der Waals surface area contributed by atoms with Crippen molar-refractivity contribution in [1.82, 2.24) is 25.5 Å². The van der Waals surface area contributed by atoms with E-state index >= 15 is 0 Å². The third-order valence-corrected chi connectivity index (χ3v) is 6.13. The van der Waals surface area contributed by atoms with Crippen LogP contribution >= 0.6 is 22.6 Å². The second-order valence-electron chi connectivity index (χ2n) is 7.44. The van der Waals surface area contributed by atoms with E-state index in [1.807, 2.05) is 52.9 Å². The van der Waals surface area contributed by atoms with Gasteiger partial charge in [-0.2, -0.15) is 4.99 Å². The van der Waals surface area contributed by atoms with Gasteiger partial charge in [0.15, 0.2) is 23.3 Å². The summed E-state index contributed by atoms with van der Waals surface area (Å²) in [4.78, 5) is 38.9.